The Morgan fingerprint density at radius 1 is 1.29 bits per heavy atom. The molecule has 0 heterocycles. The van der Waals surface area contributed by atoms with Gasteiger partial charge in [-0.1, -0.05) is 0 Å². The summed E-state index contributed by atoms with van der Waals surface area (Å²) in [6.45, 7) is 3.69. The van der Waals surface area contributed by atoms with Crippen molar-refractivity contribution in [1.82, 2.24) is 10.6 Å². The highest BCUT2D eigenvalue weighted by atomic mass is 16.4. The van der Waals surface area contributed by atoms with Crippen LogP contribution in [0.2, 0.25) is 0 Å². The van der Waals surface area contributed by atoms with Crippen molar-refractivity contribution in [3.05, 3.63) is 23.8 Å². The third kappa shape index (κ3) is 4.68. The van der Waals surface area contributed by atoms with Gasteiger partial charge >= 0.3 is 12.0 Å². The van der Waals surface area contributed by atoms with E-state index in [1.165, 1.54) is 19.1 Å². The van der Waals surface area contributed by atoms with Crippen LogP contribution in [0.25, 0.3) is 0 Å². The maximum absolute atomic E-state index is 11.7. The Kier molecular flexibility index (Phi) is 5.53. The summed E-state index contributed by atoms with van der Waals surface area (Å²) in [6.07, 6.45) is 0. The van der Waals surface area contributed by atoms with Crippen LogP contribution in [0, 0.1) is 0 Å². The number of nitrogens with one attached hydrogen (secondary N) is 3. The average molecular weight is 295 g/mol. The summed E-state index contributed by atoms with van der Waals surface area (Å²) in [5.74, 6) is -1.87. The van der Waals surface area contributed by atoms with Crippen molar-refractivity contribution in [2.75, 3.05) is 11.9 Å². The van der Waals surface area contributed by atoms with Gasteiger partial charge in [0.05, 0.1) is 11.3 Å². The highest BCUT2D eigenvalue weighted by Gasteiger charge is 2.17. The van der Waals surface area contributed by atoms with Crippen molar-refractivity contribution in [3.63, 3.8) is 0 Å². The number of phenols is 1. The highest BCUT2D eigenvalue weighted by molar-refractivity contribution is 6.01. The number of phenolic OH excluding ortho intramolecular Hbond substituents is 1. The molecule has 0 radical (unpaired) electrons. The Bertz CT molecular complexity index is 559. The SMILES string of the molecule is CCNC(=O)C(C)NC(=O)Nc1ccc(O)cc1C(=O)O. The van der Waals surface area contributed by atoms with Gasteiger partial charge in [0.2, 0.25) is 5.91 Å². The number of aromatic carboxylic acids is 1. The zero-order valence-electron chi connectivity index (χ0n) is 11.6. The van der Waals surface area contributed by atoms with Crippen molar-refractivity contribution in [2.45, 2.75) is 19.9 Å². The van der Waals surface area contributed by atoms with Gasteiger partial charge in [0.1, 0.15) is 11.8 Å². The molecule has 0 saturated carbocycles. The van der Waals surface area contributed by atoms with Gasteiger partial charge in [0.15, 0.2) is 0 Å². The van der Waals surface area contributed by atoms with Crippen LogP contribution in [0.1, 0.15) is 24.2 Å². The molecule has 0 fully saturated rings. The van der Waals surface area contributed by atoms with Crippen molar-refractivity contribution in [3.8, 4) is 5.75 Å². The van der Waals surface area contributed by atoms with Crippen molar-refractivity contribution < 1.29 is 24.6 Å². The van der Waals surface area contributed by atoms with Crippen LogP contribution in [0.4, 0.5) is 10.5 Å². The van der Waals surface area contributed by atoms with E-state index in [-0.39, 0.29) is 22.9 Å². The molecule has 8 heteroatoms. The van der Waals surface area contributed by atoms with E-state index in [1.807, 2.05) is 0 Å². The largest absolute Gasteiger partial charge is 0.508 e. The van der Waals surface area contributed by atoms with Crippen LogP contribution in [0.3, 0.4) is 0 Å². The van der Waals surface area contributed by atoms with Gasteiger partial charge in [-0.05, 0) is 32.0 Å². The number of carbonyl (C=O) groups excluding carboxylic acids is 2. The van der Waals surface area contributed by atoms with E-state index in [9.17, 15) is 19.5 Å². The number of carboxylic acids is 1. The lowest BCUT2D eigenvalue weighted by Gasteiger charge is -2.15. The average Bonchev–Trinajstić information content (AvgIpc) is 2.40. The molecule has 0 aliphatic carbocycles. The molecule has 1 aromatic rings. The Balaban J connectivity index is 2.75. The minimum absolute atomic E-state index is 0.0147. The molecule has 1 aromatic carbocycles. The zero-order valence-corrected chi connectivity index (χ0v) is 11.6. The number of rotatable bonds is 5. The summed E-state index contributed by atoms with van der Waals surface area (Å²) >= 11 is 0. The molecule has 21 heavy (non-hydrogen) atoms. The number of urea groups is 1. The first kappa shape index (κ1) is 16.3. The molecule has 1 unspecified atom stereocenters. The minimum Gasteiger partial charge on any atom is -0.508 e. The van der Waals surface area contributed by atoms with Gasteiger partial charge in [-0.25, -0.2) is 9.59 Å². The quantitative estimate of drug-likeness (QED) is 0.512. The van der Waals surface area contributed by atoms with Crippen LogP contribution in [-0.2, 0) is 4.79 Å². The van der Waals surface area contributed by atoms with Gasteiger partial charge in [0, 0.05) is 6.54 Å². The van der Waals surface area contributed by atoms with Gasteiger partial charge < -0.3 is 26.2 Å². The molecule has 0 spiro atoms. The van der Waals surface area contributed by atoms with Gasteiger partial charge in [-0.2, -0.15) is 0 Å². The number of carboxylic acid groups (broad SMARTS) is 1. The number of likely N-dealkylation sites (N-methyl/N-ethyl adjacent to an activating group) is 1. The molecule has 1 rings (SSSR count). The molecular weight excluding hydrogens is 278 g/mol. The third-order valence-corrected chi connectivity index (χ3v) is 2.57. The van der Waals surface area contributed by atoms with E-state index < -0.39 is 18.0 Å². The second kappa shape index (κ2) is 7.13. The molecule has 114 valence electrons. The summed E-state index contributed by atoms with van der Waals surface area (Å²) in [7, 11) is 0. The predicted octanol–water partition coefficient (Wildman–Crippen LogP) is 0.736. The maximum atomic E-state index is 11.7. The lowest BCUT2D eigenvalue weighted by molar-refractivity contribution is -0.122. The Labute approximate surface area is 121 Å². The fraction of sp³-hybridized carbons (Fsp3) is 0.308. The fourth-order valence-corrected chi connectivity index (χ4v) is 1.57. The second-order valence-corrected chi connectivity index (χ2v) is 4.25. The van der Waals surface area contributed by atoms with Crippen LogP contribution in [0.15, 0.2) is 18.2 Å². The summed E-state index contributed by atoms with van der Waals surface area (Å²) < 4.78 is 0. The molecule has 0 aliphatic rings. The van der Waals surface area contributed by atoms with Crippen molar-refractivity contribution in [1.29, 1.82) is 0 Å². The van der Waals surface area contributed by atoms with E-state index in [0.717, 1.165) is 6.07 Å². The van der Waals surface area contributed by atoms with E-state index in [4.69, 9.17) is 5.11 Å². The smallest absolute Gasteiger partial charge is 0.337 e. The first-order chi connectivity index (χ1) is 9.85. The summed E-state index contributed by atoms with van der Waals surface area (Å²) in [5, 5.41) is 25.5. The normalized spacial score (nSPS) is 11.3. The summed E-state index contributed by atoms with van der Waals surface area (Å²) in [5.41, 5.74) is -0.239. The predicted molar refractivity (Wildman–Crippen MR) is 75.4 cm³/mol. The standard InChI is InChI=1S/C13H17N3O5/c1-3-14-11(18)7(2)15-13(21)16-10-5-4-8(17)6-9(10)12(19)20/h4-7,17H,3H2,1-2H3,(H,14,18)(H,19,20)(H2,15,16,21). The fourth-order valence-electron chi connectivity index (χ4n) is 1.57. The molecule has 5 N–H and O–H groups in total. The maximum Gasteiger partial charge on any atom is 0.337 e. The van der Waals surface area contributed by atoms with E-state index in [2.05, 4.69) is 16.0 Å². The first-order valence-corrected chi connectivity index (χ1v) is 6.26. The minimum atomic E-state index is -1.29. The van der Waals surface area contributed by atoms with Crippen LogP contribution in [-0.4, -0.2) is 40.7 Å². The summed E-state index contributed by atoms with van der Waals surface area (Å²) in [6, 6.07) is 2.03. The number of hydrogen-bond donors (Lipinski definition) is 5. The second-order valence-electron chi connectivity index (χ2n) is 4.25. The van der Waals surface area contributed by atoms with Gasteiger partial charge in [0.25, 0.3) is 0 Å². The zero-order chi connectivity index (χ0) is 16.0. The van der Waals surface area contributed by atoms with Crippen LogP contribution in [0.5, 0.6) is 5.75 Å². The Morgan fingerprint density at radius 2 is 1.95 bits per heavy atom. The molecule has 0 bridgehead atoms. The van der Waals surface area contributed by atoms with Crippen molar-refractivity contribution in [2.24, 2.45) is 0 Å². The number of benzene rings is 1. The number of anilines is 1. The molecule has 3 amide bonds. The molecule has 8 nitrogen and oxygen atoms in total. The lowest BCUT2D eigenvalue weighted by Crippen LogP contribution is -2.46. The summed E-state index contributed by atoms with van der Waals surface area (Å²) in [4.78, 5) is 34.2. The number of amides is 3. The van der Waals surface area contributed by atoms with E-state index in [1.54, 1.807) is 6.92 Å². The molecule has 0 aliphatic heterocycles. The van der Waals surface area contributed by atoms with Crippen LogP contribution >= 0.6 is 0 Å². The third-order valence-electron chi connectivity index (χ3n) is 2.57. The van der Waals surface area contributed by atoms with Gasteiger partial charge in [-0.15, -0.1) is 0 Å². The Morgan fingerprint density at radius 3 is 2.52 bits per heavy atom. The van der Waals surface area contributed by atoms with Crippen molar-refractivity contribution >= 4 is 23.6 Å². The Hall–Kier alpha value is -2.77. The number of hydrogen-bond acceptors (Lipinski definition) is 4. The number of carbonyl (C=O) groups is 3. The van der Waals surface area contributed by atoms with Crippen LogP contribution < -0.4 is 16.0 Å². The highest BCUT2D eigenvalue weighted by Crippen LogP contribution is 2.21. The molecular formula is C13H17N3O5. The van der Waals surface area contributed by atoms with E-state index in [0.29, 0.717) is 6.54 Å². The molecule has 0 aromatic heterocycles. The molecule has 1 atom stereocenters. The van der Waals surface area contributed by atoms with Gasteiger partial charge in [-0.3, -0.25) is 4.79 Å². The monoisotopic (exact) mass is 295 g/mol. The number of aromatic hydroxyl groups is 1. The topological polar surface area (TPSA) is 128 Å². The lowest BCUT2D eigenvalue weighted by atomic mass is 10.1. The molecule has 0 saturated heterocycles. The van der Waals surface area contributed by atoms with E-state index >= 15 is 0 Å². The first-order valence-electron chi connectivity index (χ1n) is 6.26.